The molecule has 0 radical (unpaired) electrons. The summed E-state index contributed by atoms with van der Waals surface area (Å²) in [6, 6.07) is 0. The van der Waals surface area contributed by atoms with Crippen molar-refractivity contribution in [2.45, 2.75) is 38.8 Å². The Hall–Kier alpha value is -0.290. The highest BCUT2D eigenvalue weighted by atomic mass is 19.4. The highest BCUT2D eigenvalue weighted by Crippen LogP contribution is 2.40. The van der Waals surface area contributed by atoms with Crippen molar-refractivity contribution in [1.29, 1.82) is 0 Å². The Bertz CT molecular complexity index is 202. The Kier molecular flexibility index (Phi) is 5.05. The smallest absolute Gasteiger partial charge is 0.371 e. The number of hydrogen-bond donors (Lipinski definition) is 1. The summed E-state index contributed by atoms with van der Waals surface area (Å²) in [5.41, 5.74) is -0.0412. The van der Waals surface area contributed by atoms with E-state index in [0.29, 0.717) is 0 Å². The van der Waals surface area contributed by atoms with Gasteiger partial charge in [0, 0.05) is 12.0 Å². The lowest BCUT2D eigenvalue weighted by Gasteiger charge is -2.42. The number of nitrogens with one attached hydrogen (secondary N) is 1. The van der Waals surface area contributed by atoms with Gasteiger partial charge in [-0.1, -0.05) is 13.3 Å². The van der Waals surface area contributed by atoms with Crippen molar-refractivity contribution in [3.05, 3.63) is 0 Å². The highest BCUT2D eigenvalue weighted by molar-refractivity contribution is 4.89. The molecule has 1 aliphatic carbocycles. The first-order chi connectivity index (χ1) is 7.47. The summed E-state index contributed by atoms with van der Waals surface area (Å²) in [4.78, 5) is 0. The predicted molar refractivity (Wildman–Crippen MR) is 56.3 cm³/mol. The number of alkyl halides is 3. The lowest BCUT2D eigenvalue weighted by molar-refractivity contribution is -0.184. The first-order valence-electron chi connectivity index (χ1n) is 5.83. The average Bonchev–Trinajstić information content (AvgIpc) is 2.11. The molecule has 0 aromatic carbocycles. The Labute approximate surface area is 94.5 Å². The summed E-state index contributed by atoms with van der Waals surface area (Å²) >= 11 is 0. The molecule has 1 saturated carbocycles. The first kappa shape index (κ1) is 13.8. The van der Waals surface area contributed by atoms with Crippen molar-refractivity contribution < 1.29 is 17.9 Å². The second kappa shape index (κ2) is 5.87. The molecule has 1 fully saturated rings. The minimum Gasteiger partial charge on any atom is -0.371 e. The van der Waals surface area contributed by atoms with E-state index in [1.807, 2.05) is 0 Å². The van der Waals surface area contributed by atoms with Crippen molar-refractivity contribution in [3.8, 4) is 0 Å². The van der Waals surface area contributed by atoms with Crippen molar-refractivity contribution >= 4 is 0 Å². The van der Waals surface area contributed by atoms with E-state index >= 15 is 0 Å². The molecule has 1 aliphatic rings. The van der Waals surface area contributed by atoms with Crippen LogP contribution in [-0.4, -0.2) is 32.5 Å². The third-order valence-corrected chi connectivity index (χ3v) is 3.01. The van der Waals surface area contributed by atoms with Crippen LogP contribution in [0.25, 0.3) is 0 Å². The van der Waals surface area contributed by atoms with Crippen molar-refractivity contribution in [2.75, 3.05) is 26.3 Å². The molecule has 16 heavy (non-hydrogen) atoms. The molecule has 1 rings (SSSR count). The Morgan fingerprint density at radius 1 is 1.31 bits per heavy atom. The second-order valence-electron chi connectivity index (χ2n) is 4.64. The zero-order valence-electron chi connectivity index (χ0n) is 9.70. The molecule has 0 aromatic rings. The summed E-state index contributed by atoms with van der Waals surface area (Å²) in [5, 5.41) is 3.26. The Balaban J connectivity index is 2.20. The monoisotopic (exact) mass is 239 g/mol. The van der Waals surface area contributed by atoms with E-state index < -0.39 is 12.8 Å². The fraction of sp³-hybridized carbons (Fsp3) is 1.00. The Morgan fingerprint density at radius 2 is 2.00 bits per heavy atom. The van der Waals surface area contributed by atoms with Crippen LogP contribution in [0, 0.1) is 5.41 Å². The van der Waals surface area contributed by atoms with E-state index in [4.69, 9.17) is 4.74 Å². The number of halogens is 3. The lowest BCUT2D eigenvalue weighted by atomic mass is 9.69. The maximum atomic E-state index is 11.9. The van der Waals surface area contributed by atoms with E-state index in [-0.39, 0.29) is 12.0 Å². The van der Waals surface area contributed by atoms with Gasteiger partial charge in [-0.3, -0.25) is 0 Å². The molecule has 0 aromatic heterocycles. The zero-order chi connectivity index (χ0) is 12.1. The molecule has 0 aliphatic heterocycles. The van der Waals surface area contributed by atoms with Crippen molar-refractivity contribution in [2.24, 2.45) is 5.41 Å². The molecular formula is C11H20F3NO. The SMILES string of the molecule is CCCNCC1(COCC(F)(F)F)CCC1. The van der Waals surface area contributed by atoms with Crippen LogP contribution < -0.4 is 5.32 Å². The molecule has 96 valence electrons. The van der Waals surface area contributed by atoms with Gasteiger partial charge in [0.1, 0.15) is 6.61 Å². The van der Waals surface area contributed by atoms with Gasteiger partial charge >= 0.3 is 6.18 Å². The fourth-order valence-corrected chi connectivity index (χ4v) is 1.96. The van der Waals surface area contributed by atoms with E-state index in [2.05, 4.69) is 12.2 Å². The van der Waals surface area contributed by atoms with Crippen LogP contribution in [0.15, 0.2) is 0 Å². The van der Waals surface area contributed by atoms with Crippen LogP contribution in [0.5, 0.6) is 0 Å². The summed E-state index contributed by atoms with van der Waals surface area (Å²) in [6.07, 6.45) is -0.117. The van der Waals surface area contributed by atoms with E-state index in [1.165, 1.54) is 0 Å². The number of rotatable bonds is 7. The van der Waals surface area contributed by atoms with Crippen LogP contribution >= 0.6 is 0 Å². The topological polar surface area (TPSA) is 21.3 Å². The third-order valence-electron chi connectivity index (χ3n) is 3.01. The lowest BCUT2D eigenvalue weighted by Crippen LogP contribution is -2.44. The van der Waals surface area contributed by atoms with Gasteiger partial charge in [-0.15, -0.1) is 0 Å². The van der Waals surface area contributed by atoms with Gasteiger partial charge in [-0.25, -0.2) is 0 Å². The van der Waals surface area contributed by atoms with Gasteiger partial charge in [0.15, 0.2) is 0 Å². The molecule has 0 bridgehead atoms. The van der Waals surface area contributed by atoms with Gasteiger partial charge in [0.25, 0.3) is 0 Å². The van der Waals surface area contributed by atoms with Gasteiger partial charge in [0.2, 0.25) is 0 Å². The normalized spacial score (nSPS) is 19.5. The van der Waals surface area contributed by atoms with Crippen LogP contribution in [0.2, 0.25) is 0 Å². The van der Waals surface area contributed by atoms with E-state index in [1.54, 1.807) is 0 Å². The molecule has 0 unspecified atom stereocenters. The molecule has 0 saturated heterocycles. The van der Waals surface area contributed by atoms with E-state index in [0.717, 1.165) is 38.8 Å². The van der Waals surface area contributed by atoms with Gasteiger partial charge < -0.3 is 10.1 Å². The second-order valence-corrected chi connectivity index (χ2v) is 4.64. The van der Waals surface area contributed by atoms with Crippen LogP contribution in [0.3, 0.4) is 0 Å². The van der Waals surface area contributed by atoms with Crippen LogP contribution in [-0.2, 0) is 4.74 Å². The fourth-order valence-electron chi connectivity index (χ4n) is 1.96. The maximum Gasteiger partial charge on any atom is 0.411 e. The molecule has 0 heterocycles. The molecule has 5 heteroatoms. The summed E-state index contributed by atoms with van der Waals surface area (Å²) in [6.45, 7) is 2.87. The summed E-state index contributed by atoms with van der Waals surface area (Å²) in [7, 11) is 0. The third kappa shape index (κ3) is 4.70. The molecule has 1 N–H and O–H groups in total. The average molecular weight is 239 g/mol. The molecule has 0 atom stereocenters. The first-order valence-corrected chi connectivity index (χ1v) is 5.83. The Morgan fingerprint density at radius 3 is 2.44 bits per heavy atom. The standard InChI is InChI=1S/C11H20F3NO/c1-2-6-15-7-10(4-3-5-10)8-16-9-11(12,13)14/h15H,2-9H2,1H3. The molecular weight excluding hydrogens is 219 g/mol. The zero-order valence-corrected chi connectivity index (χ0v) is 9.70. The number of ether oxygens (including phenoxy) is 1. The quantitative estimate of drug-likeness (QED) is 0.690. The van der Waals surface area contributed by atoms with E-state index in [9.17, 15) is 13.2 Å². The molecule has 0 amide bonds. The van der Waals surface area contributed by atoms with Crippen LogP contribution in [0.1, 0.15) is 32.6 Å². The van der Waals surface area contributed by atoms with Crippen molar-refractivity contribution in [3.63, 3.8) is 0 Å². The van der Waals surface area contributed by atoms with Crippen molar-refractivity contribution in [1.82, 2.24) is 5.32 Å². The summed E-state index contributed by atoms with van der Waals surface area (Å²) in [5.74, 6) is 0. The predicted octanol–water partition coefficient (Wildman–Crippen LogP) is 2.74. The largest absolute Gasteiger partial charge is 0.411 e. The minimum atomic E-state index is -4.21. The molecule has 0 spiro atoms. The minimum absolute atomic E-state index is 0.0412. The van der Waals surface area contributed by atoms with Gasteiger partial charge in [0.05, 0.1) is 6.61 Å². The van der Waals surface area contributed by atoms with Gasteiger partial charge in [-0.05, 0) is 25.8 Å². The number of hydrogen-bond acceptors (Lipinski definition) is 2. The molecule has 2 nitrogen and oxygen atoms in total. The summed E-state index contributed by atoms with van der Waals surface area (Å²) < 4.78 is 40.5. The van der Waals surface area contributed by atoms with Crippen LogP contribution in [0.4, 0.5) is 13.2 Å². The van der Waals surface area contributed by atoms with Gasteiger partial charge in [-0.2, -0.15) is 13.2 Å². The highest BCUT2D eigenvalue weighted by Gasteiger charge is 2.38. The maximum absolute atomic E-state index is 11.9.